The SMILES string of the molecule is Cc1cn(-c2ccc(C(=O)O)cc2)c(O)c1N=Nc1ccc2ccccc2c1O. The smallest absolute Gasteiger partial charge is 0.335 e. The number of rotatable bonds is 4. The molecule has 7 heteroatoms. The van der Waals surface area contributed by atoms with Gasteiger partial charge in [0.1, 0.15) is 5.69 Å². The summed E-state index contributed by atoms with van der Waals surface area (Å²) in [6.45, 7) is 1.77. The van der Waals surface area contributed by atoms with E-state index < -0.39 is 5.97 Å². The molecule has 0 radical (unpaired) electrons. The summed E-state index contributed by atoms with van der Waals surface area (Å²) in [5.74, 6) is -1.13. The van der Waals surface area contributed by atoms with Gasteiger partial charge in [0.05, 0.1) is 5.56 Å². The van der Waals surface area contributed by atoms with Gasteiger partial charge in [-0.2, -0.15) is 0 Å². The number of phenols is 1. The van der Waals surface area contributed by atoms with Crippen LogP contribution in [0.25, 0.3) is 16.5 Å². The van der Waals surface area contributed by atoms with Crippen molar-refractivity contribution in [2.24, 2.45) is 10.2 Å². The monoisotopic (exact) mass is 387 g/mol. The Morgan fingerprint density at radius 3 is 2.38 bits per heavy atom. The lowest BCUT2D eigenvalue weighted by molar-refractivity contribution is 0.0697. The van der Waals surface area contributed by atoms with Crippen molar-refractivity contribution >= 4 is 28.1 Å². The largest absolute Gasteiger partial charge is 0.505 e. The van der Waals surface area contributed by atoms with Crippen LogP contribution < -0.4 is 0 Å². The maximum atomic E-state index is 11.0. The van der Waals surface area contributed by atoms with Crippen LogP contribution in [-0.4, -0.2) is 25.9 Å². The Kier molecular flexibility index (Phi) is 4.48. The van der Waals surface area contributed by atoms with Crippen LogP contribution in [0.1, 0.15) is 15.9 Å². The average molecular weight is 387 g/mol. The van der Waals surface area contributed by atoms with E-state index in [1.807, 2.05) is 24.3 Å². The van der Waals surface area contributed by atoms with Gasteiger partial charge in [0.15, 0.2) is 11.4 Å². The van der Waals surface area contributed by atoms with Gasteiger partial charge in [0.2, 0.25) is 5.88 Å². The third-order valence-corrected chi connectivity index (χ3v) is 4.67. The predicted octanol–water partition coefficient (Wildman–Crippen LogP) is 5.46. The highest BCUT2D eigenvalue weighted by atomic mass is 16.4. The first-order valence-electron chi connectivity index (χ1n) is 8.83. The second-order valence-electron chi connectivity index (χ2n) is 6.56. The number of hydrogen-bond donors (Lipinski definition) is 3. The molecule has 4 aromatic rings. The molecule has 0 aliphatic heterocycles. The first-order chi connectivity index (χ1) is 14.0. The number of benzene rings is 3. The second kappa shape index (κ2) is 7.12. The standard InChI is InChI=1S/C22H17N3O4/c1-13-12-25(16-9-6-15(7-10-16)22(28)29)21(27)19(13)24-23-18-11-8-14-4-2-3-5-17(14)20(18)26/h2-12,26-27H,1H3,(H,28,29). The van der Waals surface area contributed by atoms with Crippen LogP contribution in [-0.2, 0) is 0 Å². The quantitative estimate of drug-likeness (QED) is 0.404. The molecule has 3 aromatic carbocycles. The lowest BCUT2D eigenvalue weighted by atomic mass is 10.1. The van der Waals surface area contributed by atoms with Crippen molar-refractivity contribution in [2.75, 3.05) is 0 Å². The first kappa shape index (κ1) is 18.2. The molecule has 0 aliphatic carbocycles. The zero-order valence-electron chi connectivity index (χ0n) is 15.4. The number of hydrogen-bond acceptors (Lipinski definition) is 5. The van der Waals surface area contributed by atoms with E-state index in [4.69, 9.17) is 5.11 Å². The highest BCUT2D eigenvalue weighted by Gasteiger charge is 2.15. The Morgan fingerprint density at radius 1 is 0.931 bits per heavy atom. The van der Waals surface area contributed by atoms with E-state index in [2.05, 4.69) is 10.2 Å². The molecule has 0 unspecified atom stereocenters. The molecule has 0 aliphatic rings. The lowest BCUT2D eigenvalue weighted by Crippen LogP contribution is -1.97. The van der Waals surface area contributed by atoms with Crippen LogP contribution in [0, 0.1) is 6.92 Å². The molecular formula is C22H17N3O4. The number of aryl methyl sites for hydroxylation is 1. The molecule has 3 N–H and O–H groups in total. The van der Waals surface area contributed by atoms with Gasteiger partial charge in [-0.25, -0.2) is 4.79 Å². The minimum Gasteiger partial charge on any atom is -0.505 e. The third-order valence-electron chi connectivity index (χ3n) is 4.67. The van der Waals surface area contributed by atoms with Crippen molar-refractivity contribution in [3.8, 4) is 17.3 Å². The van der Waals surface area contributed by atoms with Gasteiger partial charge in [0, 0.05) is 17.3 Å². The van der Waals surface area contributed by atoms with Crippen LogP contribution in [0.5, 0.6) is 11.6 Å². The van der Waals surface area contributed by atoms with Gasteiger partial charge in [-0.1, -0.05) is 30.3 Å². The molecule has 0 fully saturated rings. The van der Waals surface area contributed by atoms with Crippen molar-refractivity contribution < 1.29 is 20.1 Å². The molecule has 1 heterocycles. The lowest BCUT2D eigenvalue weighted by Gasteiger charge is -2.05. The molecule has 0 atom stereocenters. The van der Waals surface area contributed by atoms with E-state index >= 15 is 0 Å². The Balaban J connectivity index is 1.70. The molecule has 0 bridgehead atoms. The first-order valence-corrected chi connectivity index (χ1v) is 8.83. The number of aromatic nitrogens is 1. The van der Waals surface area contributed by atoms with Crippen LogP contribution in [0.4, 0.5) is 11.4 Å². The summed E-state index contributed by atoms with van der Waals surface area (Å²) in [5.41, 5.74) is 1.98. The van der Waals surface area contributed by atoms with Crippen LogP contribution in [0.2, 0.25) is 0 Å². The van der Waals surface area contributed by atoms with Crippen molar-refractivity contribution in [2.45, 2.75) is 6.92 Å². The van der Waals surface area contributed by atoms with Gasteiger partial charge in [-0.3, -0.25) is 4.57 Å². The molecule has 4 rings (SSSR count). The molecule has 0 saturated carbocycles. The molecule has 0 spiro atoms. The highest BCUT2D eigenvalue weighted by Crippen LogP contribution is 2.39. The fourth-order valence-corrected chi connectivity index (χ4v) is 3.12. The molecule has 0 amide bonds. The van der Waals surface area contributed by atoms with Gasteiger partial charge in [-0.05, 0) is 48.2 Å². The van der Waals surface area contributed by atoms with E-state index in [1.165, 1.54) is 16.7 Å². The zero-order chi connectivity index (χ0) is 20.5. The maximum Gasteiger partial charge on any atom is 0.335 e. The molecular weight excluding hydrogens is 370 g/mol. The summed E-state index contributed by atoms with van der Waals surface area (Å²) in [7, 11) is 0. The third kappa shape index (κ3) is 3.29. The number of carbonyl (C=O) groups is 1. The molecule has 29 heavy (non-hydrogen) atoms. The van der Waals surface area contributed by atoms with Gasteiger partial charge in [0.25, 0.3) is 0 Å². The van der Waals surface area contributed by atoms with Gasteiger partial charge in [-0.15, -0.1) is 10.2 Å². The zero-order valence-corrected chi connectivity index (χ0v) is 15.4. The topological polar surface area (TPSA) is 107 Å². The Bertz CT molecular complexity index is 1260. The predicted molar refractivity (Wildman–Crippen MR) is 109 cm³/mol. The number of aromatic carboxylic acids is 1. The maximum absolute atomic E-state index is 11.0. The Hall–Kier alpha value is -4.13. The number of carboxylic acids is 1. The van der Waals surface area contributed by atoms with E-state index in [0.717, 1.165) is 5.39 Å². The molecule has 7 nitrogen and oxygen atoms in total. The van der Waals surface area contributed by atoms with Gasteiger partial charge < -0.3 is 15.3 Å². The summed E-state index contributed by atoms with van der Waals surface area (Å²) in [5, 5.41) is 39.9. The van der Waals surface area contributed by atoms with E-state index in [-0.39, 0.29) is 22.9 Å². The fraction of sp³-hybridized carbons (Fsp3) is 0.0455. The van der Waals surface area contributed by atoms with Crippen LogP contribution in [0.15, 0.2) is 77.1 Å². The Morgan fingerprint density at radius 2 is 1.66 bits per heavy atom. The number of phenolic OH excluding ortho intramolecular Hbond substituents is 1. The van der Waals surface area contributed by atoms with Crippen LogP contribution >= 0.6 is 0 Å². The van der Waals surface area contributed by atoms with E-state index in [9.17, 15) is 15.0 Å². The number of carboxylic acid groups (broad SMARTS) is 1. The van der Waals surface area contributed by atoms with Crippen molar-refractivity contribution in [1.29, 1.82) is 0 Å². The Labute approximate surface area is 165 Å². The number of aromatic hydroxyl groups is 2. The van der Waals surface area contributed by atoms with Crippen molar-refractivity contribution in [3.63, 3.8) is 0 Å². The minimum atomic E-state index is -1.02. The van der Waals surface area contributed by atoms with Gasteiger partial charge >= 0.3 is 5.97 Å². The number of fused-ring (bicyclic) bond motifs is 1. The molecule has 1 aromatic heterocycles. The number of nitrogens with zero attached hydrogens (tertiary/aromatic N) is 3. The van der Waals surface area contributed by atoms with E-state index in [0.29, 0.717) is 22.3 Å². The summed E-state index contributed by atoms with van der Waals surface area (Å²) in [6, 6.07) is 17.0. The average Bonchev–Trinajstić information content (AvgIpc) is 3.01. The van der Waals surface area contributed by atoms with E-state index in [1.54, 1.807) is 37.4 Å². The van der Waals surface area contributed by atoms with Crippen LogP contribution in [0.3, 0.4) is 0 Å². The highest BCUT2D eigenvalue weighted by molar-refractivity contribution is 5.92. The normalized spacial score (nSPS) is 11.3. The molecule has 144 valence electrons. The second-order valence-corrected chi connectivity index (χ2v) is 6.56. The summed E-state index contributed by atoms with van der Waals surface area (Å²) >= 11 is 0. The fourth-order valence-electron chi connectivity index (χ4n) is 3.12. The minimum absolute atomic E-state index is 0.0210. The summed E-state index contributed by atoms with van der Waals surface area (Å²) < 4.78 is 1.50. The number of azo groups is 1. The molecule has 0 saturated heterocycles. The summed E-state index contributed by atoms with van der Waals surface area (Å²) in [4.78, 5) is 11.0. The van der Waals surface area contributed by atoms with Crippen molar-refractivity contribution in [1.82, 2.24) is 4.57 Å². The summed E-state index contributed by atoms with van der Waals surface area (Å²) in [6.07, 6.45) is 1.68. The van der Waals surface area contributed by atoms with Crippen molar-refractivity contribution in [3.05, 3.63) is 78.0 Å².